The molecule has 0 radical (unpaired) electrons. The molecule has 232 valence electrons. The molecule has 0 aromatic heterocycles. The fourth-order valence-electron chi connectivity index (χ4n) is 11.9. The lowest BCUT2D eigenvalue weighted by Crippen LogP contribution is -2.61. The van der Waals surface area contributed by atoms with Crippen molar-refractivity contribution in [1.29, 1.82) is 0 Å². The molecule has 2 N–H and O–H groups in total. The molecule has 5 heteroatoms. The van der Waals surface area contributed by atoms with Gasteiger partial charge in [0.2, 0.25) is 0 Å². The molecule has 4 saturated carbocycles. The van der Waals surface area contributed by atoms with E-state index in [9.17, 15) is 9.90 Å². The third kappa shape index (κ3) is 4.81. The first-order valence-corrected chi connectivity index (χ1v) is 17.4. The summed E-state index contributed by atoms with van der Waals surface area (Å²) in [5.41, 5.74) is 5.16. The number of benzene rings is 1. The number of carbonyl (C=O) groups is 1. The Morgan fingerprint density at radius 1 is 1.00 bits per heavy atom. The normalized spacial score (nSPS) is 41.9. The van der Waals surface area contributed by atoms with Gasteiger partial charge in [-0.1, -0.05) is 69.5 Å². The molecule has 0 spiro atoms. The number of allylic oxidation sites excluding steroid dienone is 1. The summed E-state index contributed by atoms with van der Waals surface area (Å²) >= 11 is 6.09. The number of nitrogens with one attached hydrogen (secondary N) is 1. The van der Waals surface area contributed by atoms with Gasteiger partial charge in [-0.3, -0.25) is 4.79 Å². The molecule has 0 saturated heterocycles. The van der Waals surface area contributed by atoms with Crippen LogP contribution in [0.15, 0.2) is 35.4 Å². The van der Waals surface area contributed by atoms with Crippen molar-refractivity contribution in [2.24, 2.45) is 51.8 Å². The monoisotopic (exact) mass is 595 g/mol. The molecule has 10 atom stereocenters. The molecule has 10 unspecified atom stereocenters. The second-order valence-corrected chi connectivity index (χ2v) is 16.2. The van der Waals surface area contributed by atoms with E-state index in [0.717, 1.165) is 43.2 Å². The summed E-state index contributed by atoms with van der Waals surface area (Å²) in [6.45, 7) is 14.4. The van der Waals surface area contributed by atoms with E-state index in [4.69, 9.17) is 16.3 Å². The number of rotatable bonds is 8. The lowest BCUT2D eigenvalue weighted by atomic mass is 9.38. The quantitative estimate of drug-likeness (QED) is 0.234. The van der Waals surface area contributed by atoms with Crippen LogP contribution in [0.2, 0.25) is 5.02 Å². The van der Waals surface area contributed by atoms with E-state index in [0.29, 0.717) is 53.4 Å². The maximum atomic E-state index is 12.0. The molecule has 1 aromatic rings. The minimum atomic E-state index is -0.357. The number of hydrogen-bond donors (Lipinski definition) is 2. The van der Waals surface area contributed by atoms with Gasteiger partial charge in [-0.2, -0.15) is 0 Å². The Bertz CT molecular complexity index is 1180. The number of ether oxygens (including phenoxy) is 1. The zero-order chi connectivity index (χ0) is 29.9. The van der Waals surface area contributed by atoms with Crippen LogP contribution in [0.25, 0.3) is 0 Å². The highest BCUT2D eigenvalue weighted by Gasteiger charge is 2.65. The molecular formula is C37H54ClNO3. The van der Waals surface area contributed by atoms with E-state index < -0.39 is 0 Å². The second-order valence-electron chi connectivity index (χ2n) is 15.7. The Balaban J connectivity index is 1.24. The van der Waals surface area contributed by atoms with Gasteiger partial charge in [0.15, 0.2) is 0 Å². The predicted octanol–water partition coefficient (Wildman–Crippen LogP) is 8.35. The van der Waals surface area contributed by atoms with E-state index in [-0.39, 0.29) is 17.6 Å². The molecule has 4 nitrogen and oxygen atoms in total. The average Bonchev–Trinajstić information content (AvgIpc) is 3.37. The molecule has 5 aliphatic carbocycles. The van der Waals surface area contributed by atoms with E-state index >= 15 is 0 Å². The first-order valence-electron chi connectivity index (χ1n) is 17.0. The highest BCUT2D eigenvalue weighted by Crippen LogP contribution is 2.72. The minimum absolute atomic E-state index is 0.0726. The number of hydrogen-bond acceptors (Lipinski definition) is 4. The first-order chi connectivity index (χ1) is 20.0. The van der Waals surface area contributed by atoms with Crippen LogP contribution in [0.3, 0.4) is 0 Å². The Hall–Kier alpha value is -1.36. The van der Waals surface area contributed by atoms with Crippen molar-refractivity contribution in [1.82, 2.24) is 5.32 Å². The lowest BCUT2D eigenvalue weighted by molar-refractivity contribution is -0.187. The standard InChI is InChI=1S/C37H54ClNO3/c1-23(2)27-12-18-37(33(41)21-39-20-25-6-8-26(38)9-7-25)19-14-30-28(34(27)37)10-11-32-35(4)17-15-31(42-22-40)24(3)29(35)13-16-36(30,32)5/h6-9,22-24,28-33,39,41H,10-21H2,1-5H3. The highest BCUT2D eigenvalue weighted by atomic mass is 35.5. The van der Waals surface area contributed by atoms with E-state index in [1.54, 1.807) is 11.1 Å². The second kappa shape index (κ2) is 11.5. The smallest absolute Gasteiger partial charge is 0.293 e. The third-order valence-corrected chi connectivity index (χ3v) is 14.1. The molecule has 6 rings (SSSR count). The molecule has 5 aliphatic rings. The van der Waals surface area contributed by atoms with Crippen molar-refractivity contribution in [3.63, 3.8) is 0 Å². The number of carbonyl (C=O) groups excluding carboxylic acids is 1. The minimum Gasteiger partial charge on any atom is -0.464 e. The van der Waals surface area contributed by atoms with Crippen molar-refractivity contribution in [3.8, 4) is 0 Å². The van der Waals surface area contributed by atoms with Crippen LogP contribution in [0.1, 0.15) is 104 Å². The van der Waals surface area contributed by atoms with Gasteiger partial charge < -0.3 is 15.2 Å². The van der Waals surface area contributed by atoms with Crippen LogP contribution in [0.5, 0.6) is 0 Å². The Labute approximate surface area is 259 Å². The average molecular weight is 596 g/mol. The molecule has 42 heavy (non-hydrogen) atoms. The summed E-state index contributed by atoms with van der Waals surface area (Å²) in [4.78, 5) is 11.2. The highest BCUT2D eigenvalue weighted by molar-refractivity contribution is 6.30. The molecule has 0 amide bonds. The Morgan fingerprint density at radius 3 is 2.40 bits per heavy atom. The van der Waals surface area contributed by atoms with Crippen molar-refractivity contribution in [2.45, 2.75) is 118 Å². The summed E-state index contributed by atoms with van der Waals surface area (Å²) in [5, 5.41) is 16.3. The van der Waals surface area contributed by atoms with Crippen LogP contribution in [0.4, 0.5) is 0 Å². The van der Waals surface area contributed by atoms with Crippen molar-refractivity contribution in [2.75, 3.05) is 6.54 Å². The molecular weight excluding hydrogens is 542 g/mol. The van der Waals surface area contributed by atoms with Crippen molar-refractivity contribution in [3.05, 3.63) is 46.0 Å². The summed E-state index contributed by atoms with van der Waals surface area (Å²) < 4.78 is 5.59. The fraction of sp³-hybridized carbons (Fsp3) is 0.757. The van der Waals surface area contributed by atoms with Gasteiger partial charge in [0, 0.05) is 23.5 Å². The lowest BCUT2D eigenvalue weighted by Gasteiger charge is -2.67. The van der Waals surface area contributed by atoms with Crippen LogP contribution < -0.4 is 5.32 Å². The van der Waals surface area contributed by atoms with E-state index in [2.05, 4.69) is 52.1 Å². The van der Waals surface area contributed by atoms with Crippen LogP contribution >= 0.6 is 11.6 Å². The predicted molar refractivity (Wildman–Crippen MR) is 170 cm³/mol. The molecule has 4 fully saturated rings. The van der Waals surface area contributed by atoms with Gasteiger partial charge in [-0.05, 0) is 128 Å². The summed E-state index contributed by atoms with van der Waals surface area (Å²) in [6, 6.07) is 8.02. The van der Waals surface area contributed by atoms with E-state index in [1.165, 1.54) is 44.1 Å². The van der Waals surface area contributed by atoms with E-state index in [1.807, 2.05) is 12.1 Å². The van der Waals surface area contributed by atoms with Gasteiger partial charge in [0.1, 0.15) is 6.10 Å². The van der Waals surface area contributed by atoms with Crippen LogP contribution in [-0.2, 0) is 16.1 Å². The number of aliphatic hydroxyl groups excluding tert-OH is 1. The fourth-order valence-corrected chi connectivity index (χ4v) is 12.0. The van der Waals surface area contributed by atoms with Crippen LogP contribution in [0, 0.1) is 51.8 Å². The van der Waals surface area contributed by atoms with Crippen molar-refractivity contribution >= 4 is 18.1 Å². The van der Waals surface area contributed by atoms with Gasteiger partial charge in [0.05, 0.1) is 6.10 Å². The number of aliphatic hydroxyl groups is 1. The molecule has 0 heterocycles. The Kier molecular flexibility index (Phi) is 8.42. The van der Waals surface area contributed by atoms with Gasteiger partial charge in [-0.15, -0.1) is 0 Å². The third-order valence-electron chi connectivity index (χ3n) is 13.9. The van der Waals surface area contributed by atoms with Gasteiger partial charge in [0.25, 0.3) is 6.47 Å². The maximum Gasteiger partial charge on any atom is 0.293 e. The summed E-state index contributed by atoms with van der Waals surface area (Å²) in [5.74, 6) is 3.67. The number of fused-ring (bicyclic) bond motifs is 7. The topological polar surface area (TPSA) is 58.6 Å². The zero-order valence-electron chi connectivity index (χ0n) is 26.6. The largest absolute Gasteiger partial charge is 0.464 e. The Morgan fingerprint density at radius 2 is 1.69 bits per heavy atom. The zero-order valence-corrected chi connectivity index (χ0v) is 27.4. The van der Waals surface area contributed by atoms with Gasteiger partial charge >= 0.3 is 0 Å². The number of halogens is 1. The van der Waals surface area contributed by atoms with Gasteiger partial charge in [-0.25, -0.2) is 0 Å². The van der Waals surface area contributed by atoms with Crippen LogP contribution in [-0.4, -0.2) is 30.3 Å². The molecule has 1 aromatic carbocycles. The summed E-state index contributed by atoms with van der Waals surface area (Å²) in [7, 11) is 0. The molecule has 0 aliphatic heterocycles. The SMILES string of the molecule is CC(C)C1=C2C3CCC4C(C)(CCC5C(C)C(OC=O)CCC54C)C3CCC2(C(O)CNCc2ccc(Cl)cc2)CC1. The maximum absolute atomic E-state index is 12.0. The summed E-state index contributed by atoms with van der Waals surface area (Å²) in [6.07, 6.45) is 11.7. The van der Waals surface area contributed by atoms with Crippen molar-refractivity contribution < 1.29 is 14.6 Å². The first kappa shape index (κ1) is 30.7. The molecule has 0 bridgehead atoms.